The van der Waals surface area contributed by atoms with E-state index in [1.165, 1.54) is 44.9 Å². The number of hydrogen-bond acceptors (Lipinski definition) is 1. The smallest absolute Gasteiger partial charge is 0.136 e. The highest BCUT2D eigenvalue weighted by atomic mass is 16.1. The molecule has 84 valence electrons. The maximum atomic E-state index is 12.0. The molecule has 3 saturated carbocycles. The highest BCUT2D eigenvalue weighted by molar-refractivity contribution is 5.85. The fourth-order valence-electron chi connectivity index (χ4n) is 5.01. The fraction of sp³-hybridized carbons (Fsp3) is 0.929. The number of carbonyl (C=O) groups excluding carboxylic acids is 1. The van der Waals surface area contributed by atoms with E-state index in [4.69, 9.17) is 0 Å². The average molecular weight is 206 g/mol. The zero-order valence-corrected chi connectivity index (χ0v) is 9.80. The highest BCUT2D eigenvalue weighted by Crippen LogP contribution is 2.66. The number of hydrogen-bond donors (Lipinski definition) is 0. The molecular weight excluding hydrogens is 184 g/mol. The van der Waals surface area contributed by atoms with E-state index in [2.05, 4.69) is 6.92 Å². The number of ketones is 1. The van der Waals surface area contributed by atoms with Gasteiger partial charge in [-0.15, -0.1) is 0 Å². The Morgan fingerprint density at radius 3 is 3.07 bits per heavy atom. The summed E-state index contributed by atoms with van der Waals surface area (Å²) < 4.78 is 0. The Labute approximate surface area is 92.6 Å². The molecule has 0 unspecified atom stereocenters. The Hall–Kier alpha value is -0.330. The van der Waals surface area contributed by atoms with Gasteiger partial charge in [-0.2, -0.15) is 0 Å². The summed E-state index contributed by atoms with van der Waals surface area (Å²) >= 11 is 0. The number of rotatable bonds is 3. The third kappa shape index (κ3) is 1.18. The molecule has 0 aromatic carbocycles. The Balaban J connectivity index is 1.88. The van der Waals surface area contributed by atoms with Crippen LogP contribution in [0.2, 0.25) is 0 Å². The second kappa shape index (κ2) is 3.33. The van der Waals surface area contributed by atoms with Gasteiger partial charge >= 0.3 is 0 Å². The number of Topliss-reactive ketones (excluding diaryl/α,β-unsaturated/α-hetero) is 1. The van der Waals surface area contributed by atoms with Crippen molar-refractivity contribution in [1.29, 1.82) is 0 Å². The van der Waals surface area contributed by atoms with Gasteiger partial charge in [0.2, 0.25) is 0 Å². The van der Waals surface area contributed by atoms with Gasteiger partial charge in [-0.05, 0) is 49.4 Å². The molecule has 0 N–H and O–H groups in total. The van der Waals surface area contributed by atoms with Gasteiger partial charge in [0.25, 0.3) is 0 Å². The maximum absolute atomic E-state index is 12.0. The molecule has 3 aliphatic carbocycles. The van der Waals surface area contributed by atoms with Crippen molar-refractivity contribution in [3.05, 3.63) is 0 Å². The second-order valence-corrected chi connectivity index (χ2v) is 6.05. The first-order chi connectivity index (χ1) is 7.28. The third-order valence-electron chi connectivity index (χ3n) is 5.56. The lowest BCUT2D eigenvalue weighted by Crippen LogP contribution is -2.34. The third-order valence-corrected chi connectivity index (χ3v) is 5.56. The summed E-state index contributed by atoms with van der Waals surface area (Å²) in [4.78, 5) is 12.0. The van der Waals surface area contributed by atoms with Gasteiger partial charge in [0.15, 0.2) is 0 Å². The summed E-state index contributed by atoms with van der Waals surface area (Å²) in [5, 5.41) is 0. The van der Waals surface area contributed by atoms with Crippen LogP contribution in [0.3, 0.4) is 0 Å². The lowest BCUT2D eigenvalue weighted by atomic mass is 9.65. The topological polar surface area (TPSA) is 17.1 Å². The van der Waals surface area contributed by atoms with Crippen molar-refractivity contribution in [2.24, 2.45) is 23.2 Å². The molecular formula is C14H22O. The highest BCUT2D eigenvalue weighted by Gasteiger charge is 2.62. The van der Waals surface area contributed by atoms with Crippen molar-refractivity contribution in [2.45, 2.75) is 58.3 Å². The van der Waals surface area contributed by atoms with Crippen LogP contribution in [0.25, 0.3) is 0 Å². The molecule has 0 amide bonds. The van der Waals surface area contributed by atoms with E-state index in [9.17, 15) is 4.79 Å². The minimum absolute atomic E-state index is 0.496. The largest absolute Gasteiger partial charge is 0.299 e. The van der Waals surface area contributed by atoms with Crippen LogP contribution in [0.15, 0.2) is 0 Å². The molecule has 1 heteroatoms. The van der Waals surface area contributed by atoms with Crippen LogP contribution in [-0.2, 0) is 4.79 Å². The second-order valence-electron chi connectivity index (χ2n) is 6.05. The van der Waals surface area contributed by atoms with E-state index in [0.717, 1.165) is 18.3 Å². The standard InChI is InChI=1S/C14H22O/c1-2-3-7-14-8-6-12(15)13(14)10-4-5-11(14)9-10/h10-11,13H,2-9H2,1H3/t10-,11+,13+,14+/m1/s1. The predicted octanol–water partition coefficient (Wildman–Crippen LogP) is 3.57. The van der Waals surface area contributed by atoms with Crippen LogP contribution >= 0.6 is 0 Å². The summed E-state index contributed by atoms with van der Waals surface area (Å²) in [6.45, 7) is 2.27. The van der Waals surface area contributed by atoms with E-state index in [1.807, 2.05) is 0 Å². The van der Waals surface area contributed by atoms with Gasteiger partial charge in [-0.3, -0.25) is 4.79 Å². The molecule has 3 rings (SSSR count). The first-order valence-corrected chi connectivity index (χ1v) is 6.80. The van der Waals surface area contributed by atoms with Gasteiger partial charge in [0.1, 0.15) is 5.78 Å². The lowest BCUT2D eigenvalue weighted by molar-refractivity contribution is -0.124. The molecule has 0 spiro atoms. The van der Waals surface area contributed by atoms with Crippen LogP contribution < -0.4 is 0 Å². The quantitative estimate of drug-likeness (QED) is 0.690. The molecule has 0 saturated heterocycles. The van der Waals surface area contributed by atoms with E-state index in [0.29, 0.717) is 17.1 Å². The van der Waals surface area contributed by atoms with Crippen molar-refractivity contribution < 1.29 is 4.79 Å². The normalized spacial score (nSPS) is 47.5. The van der Waals surface area contributed by atoms with E-state index in [1.54, 1.807) is 0 Å². The first-order valence-electron chi connectivity index (χ1n) is 6.80. The van der Waals surface area contributed by atoms with Crippen LogP contribution in [0.1, 0.15) is 58.3 Å². The van der Waals surface area contributed by atoms with Crippen molar-refractivity contribution in [3.63, 3.8) is 0 Å². The molecule has 2 bridgehead atoms. The van der Waals surface area contributed by atoms with Gasteiger partial charge in [0.05, 0.1) is 0 Å². The number of unbranched alkanes of at least 4 members (excludes halogenated alkanes) is 1. The fourth-order valence-corrected chi connectivity index (χ4v) is 5.01. The van der Waals surface area contributed by atoms with E-state index >= 15 is 0 Å². The minimum atomic E-state index is 0.496. The van der Waals surface area contributed by atoms with Crippen molar-refractivity contribution in [3.8, 4) is 0 Å². The van der Waals surface area contributed by atoms with Gasteiger partial charge < -0.3 is 0 Å². The monoisotopic (exact) mass is 206 g/mol. The summed E-state index contributed by atoms with van der Waals surface area (Å²) in [6, 6.07) is 0. The Bertz CT molecular complexity index is 283. The minimum Gasteiger partial charge on any atom is -0.299 e. The molecule has 4 atom stereocenters. The van der Waals surface area contributed by atoms with Crippen LogP contribution in [-0.4, -0.2) is 5.78 Å². The van der Waals surface area contributed by atoms with Gasteiger partial charge in [0, 0.05) is 12.3 Å². The molecule has 1 nitrogen and oxygen atoms in total. The molecule has 0 aromatic heterocycles. The van der Waals surface area contributed by atoms with Crippen molar-refractivity contribution >= 4 is 5.78 Å². The zero-order chi connectivity index (χ0) is 10.5. The van der Waals surface area contributed by atoms with Gasteiger partial charge in [-0.25, -0.2) is 0 Å². The summed E-state index contributed by atoms with van der Waals surface area (Å²) in [6.07, 6.45) is 10.3. The molecule has 3 fully saturated rings. The first kappa shape index (κ1) is 9.86. The summed E-state index contributed by atoms with van der Waals surface area (Å²) in [5.41, 5.74) is 0.496. The maximum Gasteiger partial charge on any atom is 0.136 e. The molecule has 0 aromatic rings. The molecule has 0 radical (unpaired) electrons. The predicted molar refractivity (Wildman–Crippen MR) is 60.5 cm³/mol. The lowest BCUT2D eigenvalue weighted by Gasteiger charge is -2.38. The Morgan fingerprint density at radius 2 is 2.27 bits per heavy atom. The van der Waals surface area contributed by atoms with Gasteiger partial charge in [-0.1, -0.05) is 19.8 Å². The Morgan fingerprint density at radius 1 is 1.40 bits per heavy atom. The SMILES string of the molecule is CCCC[C@@]12CCC(=O)[C@@H]1[C@@H]1CC[C@H]2C1. The average Bonchev–Trinajstić information content (AvgIpc) is 2.88. The number of fused-ring (bicyclic) bond motifs is 5. The van der Waals surface area contributed by atoms with Crippen LogP contribution in [0, 0.1) is 23.2 Å². The van der Waals surface area contributed by atoms with Crippen LogP contribution in [0.5, 0.6) is 0 Å². The Kier molecular flexibility index (Phi) is 2.19. The molecule has 3 aliphatic rings. The van der Waals surface area contributed by atoms with E-state index < -0.39 is 0 Å². The summed E-state index contributed by atoms with van der Waals surface area (Å²) in [7, 11) is 0. The molecule has 0 aliphatic heterocycles. The van der Waals surface area contributed by atoms with E-state index in [-0.39, 0.29) is 0 Å². The number of carbonyl (C=O) groups is 1. The van der Waals surface area contributed by atoms with Crippen LogP contribution in [0.4, 0.5) is 0 Å². The van der Waals surface area contributed by atoms with Crippen molar-refractivity contribution in [2.75, 3.05) is 0 Å². The zero-order valence-electron chi connectivity index (χ0n) is 9.80. The van der Waals surface area contributed by atoms with Crippen molar-refractivity contribution in [1.82, 2.24) is 0 Å². The molecule has 0 heterocycles. The molecule has 15 heavy (non-hydrogen) atoms. The summed E-state index contributed by atoms with van der Waals surface area (Å²) in [5.74, 6) is 2.84.